The van der Waals surface area contributed by atoms with Gasteiger partial charge in [0, 0.05) is 5.69 Å². The Kier molecular flexibility index (Phi) is 3.63. The zero-order chi connectivity index (χ0) is 13.1. The maximum atomic E-state index is 8.77. The Labute approximate surface area is 112 Å². The number of aromatic amines is 1. The molecule has 1 aromatic heterocycles. The first-order valence-corrected chi connectivity index (χ1v) is 6.32. The minimum atomic E-state index is 0.590. The third kappa shape index (κ3) is 2.69. The second-order valence-electron chi connectivity index (χ2n) is 4.71. The Morgan fingerprint density at radius 1 is 1.33 bits per heavy atom. The van der Waals surface area contributed by atoms with Crippen LogP contribution in [0.1, 0.15) is 25.1 Å². The molecule has 4 heteroatoms. The number of nitrogens with one attached hydrogen (secondary N) is 1. The molecule has 2 aromatic rings. The summed E-state index contributed by atoms with van der Waals surface area (Å²) in [5.74, 6) is 0.590. The monoisotopic (exact) mass is 257 g/mol. The van der Waals surface area contributed by atoms with Crippen LogP contribution in [0, 0.1) is 21.9 Å². The van der Waals surface area contributed by atoms with Gasteiger partial charge in [-0.1, -0.05) is 26.1 Å². The molecule has 18 heavy (non-hydrogen) atoms. The molecule has 1 aromatic carbocycles. The lowest BCUT2D eigenvalue weighted by atomic mass is 10.1. The lowest BCUT2D eigenvalue weighted by Gasteiger charge is -2.04. The molecular weight excluding hydrogens is 242 g/mol. The van der Waals surface area contributed by atoms with Crippen molar-refractivity contribution < 1.29 is 0 Å². The van der Waals surface area contributed by atoms with E-state index in [1.807, 2.05) is 22.9 Å². The zero-order valence-electron chi connectivity index (χ0n) is 10.5. The first-order valence-electron chi connectivity index (χ1n) is 5.91. The summed E-state index contributed by atoms with van der Waals surface area (Å²) in [6.45, 7) is 4.35. The van der Waals surface area contributed by atoms with E-state index < -0.39 is 0 Å². The van der Waals surface area contributed by atoms with Crippen molar-refractivity contribution in [3.63, 3.8) is 0 Å². The quantitative estimate of drug-likeness (QED) is 0.854. The van der Waals surface area contributed by atoms with Gasteiger partial charge in [-0.05, 0) is 42.7 Å². The molecule has 92 valence electrons. The van der Waals surface area contributed by atoms with Gasteiger partial charge < -0.3 is 0 Å². The van der Waals surface area contributed by atoms with Crippen LogP contribution < -0.4 is 0 Å². The van der Waals surface area contributed by atoms with Crippen molar-refractivity contribution in [2.24, 2.45) is 5.92 Å². The molecule has 0 amide bonds. The molecule has 2 rings (SSSR count). The highest BCUT2D eigenvalue weighted by molar-refractivity contribution is 7.71. The van der Waals surface area contributed by atoms with E-state index in [0.29, 0.717) is 11.5 Å². The molecule has 1 heterocycles. The van der Waals surface area contributed by atoms with Gasteiger partial charge in [0.1, 0.15) is 4.64 Å². The maximum absolute atomic E-state index is 8.77. The van der Waals surface area contributed by atoms with Gasteiger partial charge in [0.05, 0.1) is 17.3 Å². The zero-order valence-corrected chi connectivity index (χ0v) is 11.3. The van der Waals surface area contributed by atoms with Crippen LogP contribution in [0.4, 0.5) is 0 Å². The Bertz CT molecular complexity index is 626. The van der Waals surface area contributed by atoms with Crippen molar-refractivity contribution in [1.82, 2.24) is 9.78 Å². The molecule has 0 saturated heterocycles. The number of aromatic nitrogens is 2. The lowest BCUT2D eigenvalue weighted by molar-refractivity contribution is 0.628. The second-order valence-corrected chi connectivity index (χ2v) is 5.13. The van der Waals surface area contributed by atoms with Crippen molar-refractivity contribution in [2.75, 3.05) is 0 Å². The Hall–Kier alpha value is -1.86. The first kappa shape index (κ1) is 12.6. The number of rotatable bonds is 3. The third-order valence-electron chi connectivity index (χ3n) is 2.66. The first-order chi connectivity index (χ1) is 8.60. The fraction of sp³-hybridized carbons (Fsp3) is 0.286. The van der Waals surface area contributed by atoms with Crippen LogP contribution in [0.15, 0.2) is 30.3 Å². The molecule has 0 spiro atoms. The summed E-state index contributed by atoms with van der Waals surface area (Å²) < 4.78 is 2.63. The normalized spacial score (nSPS) is 10.6. The van der Waals surface area contributed by atoms with E-state index in [4.69, 9.17) is 17.5 Å². The number of nitriles is 1. The molecule has 0 unspecified atom stereocenters. The van der Waals surface area contributed by atoms with Crippen LogP contribution in [0.2, 0.25) is 0 Å². The molecule has 0 saturated carbocycles. The summed E-state index contributed by atoms with van der Waals surface area (Å²) in [6.07, 6.45) is 0.979. The topological polar surface area (TPSA) is 44.5 Å². The predicted molar refractivity (Wildman–Crippen MR) is 74.2 cm³/mol. The largest absolute Gasteiger partial charge is 0.297 e. The van der Waals surface area contributed by atoms with Crippen molar-refractivity contribution in [3.05, 3.63) is 46.2 Å². The van der Waals surface area contributed by atoms with Crippen LogP contribution in [0.5, 0.6) is 0 Å². The van der Waals surface area contributed by atoms with Gasteiger partial charge in [-0.15, -0.1) is 0 Å². The average molecular weight is 257 g/mol. The van der Waals surface area contributed by atoms with Gasteiger partial charge >= 0.3 is 0 Å². The second kappa shape index (κ2) is 5.19. The average Bonchev–Trinajstić information content (AvgIpc) is 2.69. The third-order valence-corrected chi connectivity index (χ3v) is 2.96. The van der Waals surface area contributed by atoms with Crippen LogP contribution in [-0.4, -0.2) is 9.78 Å². The molecule has 0 bridgehead atoms. The molecule has 0 aliphatic heterocycles. The van der Waals surface area contributed by atoms with E-state index in [-0.39, 0.29) is 0 Å². The summed E-state index contributed by atoms with van der Waals surface area (Å²) in [5, 5.41) is 12.1. The van der Waals surface area contributed by atoms with Gasteiger partial charge in [-0.25, -0.2) is 4.68 Å². The van der Waals surface area contributed by atoms with Crippen molar-refractivity contribution in [2.45, 2.75) is 20.3 Å². The highest BCUT2D eigenvalue weighted by Crippen LogP contribution is 2.13. The van der Waals surface area contributed by atoms with Crippen LogP contribution in [0.25, 0.3) is 5.69 Å². The number of hydrogen-bond acceptors (Lipinski definition) is 2. The number of H-pyrrole nitrogens is 1. The van der Waals surface area contributed by atoms with E-state index in [0.717, 1.165) is 22.4 Å². The molecular formula is C14H15N3S. The summed E-state index contributed by atoms with van der Waals surface area (Å²) in [5.41, 5.74) is 2.74. The molecule has 0 radical (unpaired) electrons. The van der Waals surface area contributed by atoms with Crippen LogP contribution in [0.3, 0.4) is 0 Å². The molecule has 0 atom stereocenters. The minimum Gasteiger partial charge on any atom is -0.297 e. The highest BCUT2D eigenvalue weighted by atomic mass is 32.1. The summed E-state index contributed by atoms with van der Waals surface area (Å²) in [4.78, 5) is 0. The van der Waals surface area contributed by atoms with Gasteiger partial charge in [-0.3, -0.25) is 5.10 Å². The molecule has 1 N–H and O–H groups in total. The van der Waals surface area contributed by atoms with Gasteiger partial charge in [0.15, 0.2) is 0 Å². The lowest BCUT2D eigenvalue weighted by Crippen LogP contribution is -1.99. The minimum absolute atomic E-state index is 0.590. The van der Waals surface area contributed by atoms with E-state index in [1.165, 1.54) is 0 Å². The van der Waals surface area contributed by atoms with Gasteiger partial charge in [0.2, 0.25) is 0 Å². The van der Waals surface area contributed by atoms with E-state index in [1.54, 1.807) is 12.1 Å². The van der Waals surface area contributed by atoms with E-state index in [9.17, 15) is 0 Å². The summed E-state index contributed by atoms with van der Waals surface area (Å²) in [6, 6.07) is 11.5. The number of nitrogens with zero attached hydrogens (tertiary/aromatic N) is 2. The van der Waals surface area contributed by atoms with Crippen molar-refractivity contribution in [1.29, 1.82) is 5.26 Å². The van der Waals surface area contributed by atoms with Crippen molar-refractivity contribution >= 4 is 12.2 Å². The summed E-state index contributed by atoms with van der Waals surface area (Å²) in [7, 11) is 0. The van der Waals surface area contributed by atoms with E-state index in [2.05, 4.69) is 25.0 Å². The number of hydrogen-bond donors (Lipinski definition) is 1. The Morgan fingerprint density at radius 3 is 2.56 bits per heavy atom. The smallest absolute Gasteiger partial charge is 0.127 e. The molecule has 0 fully saturated rings. The highest BCUT2D eigenvalue weighted by Gasteiger charge is 2.04. The van der Waals surface area contributed by atoms with Crippen LogP contribution >= 0.6 is 12.2 Å². The predicted octanol–water partition coefficient (Wildman–Crippen LogP) is 3.61. The number of benzene rings is 1. The van der Waals surface area contributed by atoms with Gasteiger partial charge in [-0.2, -0.15) is 5.26 Å². The fourth-order valence-electron chi connectivity index (χ4n) is 1.87. The van der Waals surface area contributed by atoms with Gasteiger partial charge in [0.25, 0.3) is 0 Å². The Balaban J connectivity index is 2.35. The Morgan fingerprint density at radius 2 is 2.00 bits per heavy atom. The SMILES string of the molecule is CC(C)Cc1cc(=S)n(-c2ccc(C#N)cc2)[nH]1. The standard InChI is InChI=1S/C14H15N3S/c1-10(2)7-12-8-14(18)17(16-12)13-5-3-11(9-15)4-6-13/h3-6,8,10,16H,7H2,1-2H3. The molecule has 0 aliphatic carbocycles. The molecule has 0 aliphatic rings. The maximum Gasteiger partial charge on any atom is 0.127 e. The summed E-state index contributed by atoms with van der Waals surface area (Å²) >= 11 is 5.34. The van der Waals surface area contributed by atoms with Crippen molar-refractivity contribution in [3.8, 4) is 11.8 Å². The fourth-order valence-corrected chi connectivity index (χ4v) is 2.16. The van der Waals surface area contributed by atoms with Crippen LogP contribution in [-0.2, 0) is 6.42 Å². The molecule has 3 nitrogen and oxygen atoms in total. The van der Waals surface area contributed by atoms with E-state index >= 15 is 0 Å².